The smallest absolute Gasteiger partial charge is 0.318 e. The monoisotopic (exact) mass is 484 g/mol. The number of esters is 2. The van der Waals surface area contributed by atoms with Crippen molar-refractivity contribution in [1.29, 1.82) is 0 Å². The molecule has 0 aromatic rings. The third-order valence-electron chi connectivity index (χ3n) is 6.16. The zero-order chi connectivity index (χ0) is 25.3. The Hall–Kier alpha value is -2.49. The summed E-state index contributed by atoms with van der Waals surface area (Å²) in [6, 6.07) is 0. The van der Waals surface area contributed by atoms with Crippen LogP contribution in [0.25, 0.3) is 0 Å². The quantitative estimate of drug-likeness (QED) is 0.214. The highest BCUT2D eigenvalue weighted by Crippen LogP contribution is 2.22. The van der Waals surface area contributed by atoms with Gasteiger partial charge in [0, 0.05) is 13.1 Å². The Bertz CT molecular complexity index is 643. The first kappa shape index (κ1) is 29.5. The van der Waals surface area contributed by atoms with Crippen LogP contribution in [0.3, 0.4) is 0 Å². The fourth-order valence-corrected chi connectivity index (χ4v) is 4.05. The van der Waals surface area contributed by atoms with E-state index in [-0.39, 0.29) is 31.1 Å². The number of aliphatic hydroxyl groups is 1. The molecular formula is C24H40N2O8. The topological polar surface area (TPSA) is 148 Å². The summed E-state index contributed by atoms with van der Waals surface area (Å²) >= 11 is 0. The zero-order valence-corrected chi connectivity index (χ0v) is 20.3. The van der Waals surface area contributed by atoms with Gasteiger partial charge in [0.05, 0.1) is 12.0 Å². The van der Waals surface area contributed by atoms with Crippen molar-refractivity contribution in [2.75, 3.05) is 13.1 Å². The molecule has 2 aliphatic rings. The van der Waals surface area contributed by atoms with Crippen LogP contribution in [-0.2, 0) is 33.4 Å². The Labute approximate surface area is 201 Å². The molecule has 2 aliphatic carbocycles. The maximum atomic E-state index is 11.8. The summed E-state index contributed by atoms with van der Waals surface area (Å²) < 4.78 is 10.7. The van der Waals surface area contributed by atoms with Gasteiger partial charge in [0.15, 0.2) is 0 Å². The van der Waals surface area contributed by atoms with E-state index in [0.29, 0.717) is 12.8 Å². The number of amides is 2. The molecule has 1 unspecified atom stereocenters. The van der Waals surface area contributed by atoms with Gasteiger partial charge in [-0.1, -0.05) is 12.8 Å². The standard InChI is InChI=1S/C12H21NO4.C12H19NO4/c2*1-9(15)11(7-13-8-14)12(16)17-10-5-3-2-4-6-10/h8-11,15H,2-7H2,1H3,(H,13,14);8,10-11H,2-7H2,1H3,(H,13,14)/t9-,11+;/m1./s1. The summed E-state index contributed by atoms with van der Waals surface area (Å²) in [5, 5.41) is 14.2. The average molecular weight is 485 g/mol. The normalized spacial score (nSPS) is 19.3. The van der Waals surface area contributed by atoms with Gasteiger partial charge in [0.25, 0.3) is 0 Å². The number of aliphatic hydroxyl groups excluding tert-OH is 1. The first-order valence-corrected chi connectivity index (χ1v) is 12.2. The van der Waals surface area contributed by atoms with E-state index < -0.39 is 29.9 Å². The summed E-state index contributed by atoms with van der Waals surface area (Å²) in [5.41, 5.74) is 0. The van der Waals surface area contributed by atoms with Crippen LogP contribution in [0.4, 0.5) is 0 Å². The Kier molecular flexibility index (Phi) is 14.8. The molecule has 2 saturated carbocycles. The van der Waals surface area contributed by atoms with Gasteiger partial charge in [0.1, 0.15) is 23.9 Å². The van der Waals surface area contributed by atoms with Crippen LogP contribution >= 0.6 is 0 Å². The van der Waals surface area contributed by atoms with E-state index in [1.165, 1.54) is 26.7 Å². The van der Waals surface area contributed by atoms with E-state index in [0.717, 1.165) is 51.4 Å². The van der Waals surface area contributed by atoms with Gasteiger partial charge < -0.3 is 25.2 Å². The molecule has 34 heavy (non-hydrogen) atoms. The first-order valence-electron chi connectivity index (χ1n) is 12.2. The number of hydrogen-bond donors (Lipinski definition) is 3. The SMILES string of the molecule is CC(=O)C(CNC=O)C(=O)OC1CCCCC1.C[C@@H](O)[C@H](CNC=O)C(=O)OC1CCCCC1. The number of carbonyl (C=O) groups excluding carboxylic acids is 5. The molecule has 194 valence electrons. The summed E-state index contributed by atoms with van der Waals surface area (Å²) in [7, 11) is 0. The lowest BCUT2D eigenvalue weighted by molar-refractivity contribution is -0.159. The largest absolute Gasteiger partial charge is 0.462 e. The zero-order valence-electron chi connectivity index (χ0n) is 20.3. The van der Waals surface area contributed by atoms with Crippen molar-refractivity contribution < 1.29 is 38.6 Å². The average Bonchev–Trinajstić information content (AvgIpc) is 2.81. The van der Waals surface area contributed by atoms with E-state index >= 15 is 0 Å². The first-order chi connectivity index (χ1) is 16.3. The number of nitrogens with one attached hydrogen (secondary N) is 2. The summed E-state index contributed by atoms with van der Waals surface area (Å²) in [5.74, 6) is -2.76. The molecule has 2 fully saturated rings. The Morgan fingerprint density at radius 2 is 1.26 bits per heavy atom. The highest BCUT2D eigenvalue weighted by atomic mass is 16.5. The van der Waals surface area contributed by atoms with Gasteiger partial charge in [-0.2, -0.15) is 0 Å². The molecule has 0 aliphatic heterocycles. The van der Waals surface area contributed by atoms with Crippen molar-refractivity contribution in [3.8, 4) is 0 Å². The van der Waals surface area contributed by atoms with E-state index in [9.17, 15) is 29.1 Å². The Morgan fingerprint density at radius 3 is 1.68 bits per heavy atom. The third kappa shape index (κ3) is 11.6. The Balaban J connectivity index is 0.000000340. The van der Waals surface area contributed by atoms with Gasteiger partial charge >= 0.3 is 11.9 Å². The lowest BCUT2D eigenvalue weighted by atomic mass is 9.97. The molecular weight excluding hydrogens is 444 g/mol. The summed E-state index contributed by atoms with van der Waals surface area (Å²) in [6.45, 7) is 3.00. The van der Waals surface area contributed by atoms with E-state index in [2.05, 4.69) is 10.6 Å². The van der Waals surface area contributed by atoms with Crippen LogP contribution in [0.15, 0.2) is 0 Å². The molecule has 0 radical (unpaired) electrons. The van der Waals surface area contributed by atoms with Crippen molar-refractivity contribution in [2.45, 2.75) is 96.4 Å². The Morgan fingerprint density at radius 1 is 0.824 bits per heavy atom. The molecule has 2 rings (SSSR count). The number of ketones is 1. The minimum Gasteiger partial charge on any atom is -0.462 e. The van der Waals surface area contributed by atoms with Crippen LogP contribution in [0.5, 0.6) is 0 Å². The molecule has 3 atom stereocenters. The lowest BCUT2D eigenvalue weighted by Crippen LogP contribution is -2.38. The lowest BCUT2D eigenvalue weighted by Gasteiger charge is -2.25. The van der Waals surface area contributed by atoms with Gasteiger partial charge in [-0.3, -0.25) is 24.0 Å². The predicted octanol–water partition coefficient (Wildman–Crippen LogP) is 1.42. The molecule has 0 saturated heterocycles. The van der Waals surface area contributed by atoms with E-state index in [4.69, 9.17) is 9.47 Å². The van der Waals surface area contributed by atoms with Gasteiger partial charge in [-0.15, -0.1) is 0 Å². The predicted molar refractivity (Wildman–Crippen MR) is 123 cm³/mol. The maximum Gasteiger partial charge on any atom is 0.318 e. The second-order valence-corrected chi connectivity index (χ2v) is 8.96. The molecule has 0 aromatic heterocycles. The molecule has 3 N–H and O–H groups in total. The highest BCUT2D eigenvalue weighted by Gasteiger charge is 2.29. The summed E-state index contributed by atoms with van der Waals surface area (Å²) in [4.78, 5) is 55.2. The van der Waals surface area contributed by atoms with Crippen molar-refractivity contribution in [3.05, 3.63) is 0 Å². The van der Waals surface area contributed by atoms with Gasteiger partial charge in [0.2, 0.25) is 12.8 Å². The van der Waals surface area contributed by atoms with Crippen LogP contribution in [0.1, 0.15) is 78.1 Å². The van der Waals surface area contributed by atoms with Crippen LogP contribution in [-0.4, -0.2) is 67.0 Å². The molecule has 0 spiro atoms. The minimum absolute atomic E-state index is 0.0182. The van der Waals surface area contributed by atoms with Crippen molar-refractivity contribution >= 4 is 30.5 Å². The number of ether oxygens (including phenoxy) is 2. The second kappa shape index (κ2) is 17.0. The second-order valence-electron chi connectivity index (χ2n) is 8.96. The molecule has 0 heterocycles. The molecule has 2 amide bonds. The highest BCUT2D eigenvalue weighted by molar-refractivity contribution is 5.98. The number of rotatable bonds is 12. The van der Waals surface area contributed by atoms with E-state index in [1.807, 2.05) is 0 Å². The fraction of sp³-hybridized carbons (Fsp3) is 0.792. The van der Waals surface area contributed by atoms with Crippen LogP contribution in [0.2, 0.25) is 0 Å². The molecule has 10 nitrogen and oxygen atoms in total. The third-order valence-corrected chi connectivity index (χ3v) is 6.16. The minimum atomic E-state index is -0.873. The van der Waals surface area contributed by atoms with Crippen LogP contribution in [0, 0.1) is 11.8 Å². The maximum absolute atomic E-state index is 11.8. The molecule has 0 aromatic carbocycles. The van der Waals surface area contributed by atoms with E-state index in [1.54, 1.807) is 0 Å². The number of Topliss-reactive ketones (excluding diaryl/α,β-unsaturated/α-hetero) is 1. The van der Waals surface area contributed by atoms with Crippen LogP contribution < -0.4 is 10.6 Å². The van der Waals surface area contributed by atoms with Crippen molar-refractivity contribution in [3.63, 3.8) is 0 Å². The molecule has 0 bridgehead atoms. The number of carbonyl (C=O) groups is 5. The van der Waals surface area contributed by atoms with Gasteiger partial charge in [-0.25, -0.2) is 0 Å². The molecule has 10 heteroatoms. The fourth-order valence-electron chi connectivity index (χ4n) is 4.05. The summed E-state index contributed by atoms with van der Waals surface area (Å²) in [6.07, 6.45) is 10.3. The van der Waals surface area contributed by atoms with Crippen molar-refractivity contribution in [1.82, 2.24) is 10.6 Å². The number of hydrogen-bond acceptors (Lipinski definition) is 8. The van der Waals surface area contributed by atoms with Gasteiger partial charge in [-0.05, 0) is 65.2 Å². The van der Waals surface area contributed by atoms with Crippen molar-refractivity contribution in [2.24, 2.45) is 11.8 Å².